The smallest absolute Gasteiger partial charge is 0.225 e. The molecule has 2 aromatic heterocycles. The van der Waals surface area contributed by atoms with Crippen molar-refractivity contribution >= 4 is 44.9 Å². The van der Waals surface area contributed by atoms with E-state index in [2.05, 4.69) is 20.6 Å². The van der Waals surface area contributed by atoms with Crippen LogP contribution >= 0.6 is 22.9 Å². The molecule has 0 aromatic carbocycles. The molecule has 5 nitrogen and oxygen atoms in total. The highest BCUT2D eigenvalue weighted by Gasteiger charge is 2.09. The van der Waals surface area contributed by atoms with Crippen LogP contribution in [0.3, 0.4) is 0 Å². The van der Waals surface area contributed by atoms with E-state index in [4.69, 9.17) is 11.6 Å². The largest absolute Gasteiger partial charge is 0.369 e. The van der Waals surface area contributed by atoms with Gasteiger partial charge in [-0.25, -0.2) is 9.97 Å². The monoisotopic (exact) mass is 312 g/mol. The Morgan fingerprint density at radius 3 is 3.05 bits per heavy atom. The first kappa shape index (κ1) is 15.0. The molecule has 2 heterocycles. The summed E-state index contributed by atoms with van der Waals surface area (Å²) in [5.41, 5.74) is 0. The van der Waals surface area contributed by atoms with E-state index in [1.165, 1.54) is 11.3 Å². The van der Waals surface area contributed by atoms with Gasteiger partial charge in [-0.3, -0.25) is 4.79 Å². The minimum atomic E-state index is 0.0357. The number of anilines is 1. The Morgan fingerprint density at radius 1 is 1.50 bits per heavy atom. The van der Waals surface area contributed by atoms with Crippen molar-refractivity contribution in [3.8, 4) is 0 Å². The second kappa shape index (κ2) is 6.85. The summed E-state index contributed by atoms with van der Waals surface area (Å²) >= 11 is 7.39. The van der Waals surface area contributed by atoms with Crippen molar-refractivity contribution in [3.63, 3.8) is 0 Å². The van der Waals surface area contributed by atoms with Crippen molar-refractivity contribution in [1.82, 2.24) is 15.3 Å². The molecule has 0 aliphatic rings. The SMILES string of the molecule is CCC(C)NC(=O)CCNc1nc(Cl)nc2sccc12. The van der Waals surface area contributed by atoms with Gasteiger partial charge in [-0.2, -0.15) is 0 Å². The topological polar surface area (TPSA) is 66.9 Å². The fourth-order valence-electron chi connectivity index (χ4n) is 1.71. The zero-order valence-corrected chi connectivity index (χ0v) is 13.0. The quantitative estimate of drug-likeness (QED) is 0.804. The van der Waals surface area contributed by atoms with Gasteiger partial charge in [0, 0.05) is 19.0 Å². The van der Waals surface area contributed by atoms with Crippen LogP contribution in [0.5, 0.6) is 0 Å². The second-order valence-corrected chi connectivity index (χ2v) is 5.77. The third-order valence-corrected chi connectivity index (χ3v) is 3.94. The highest BCUT2D eigenvalue weighted by atomic mass is 35.5. The summed E-state index contributed by atoms with van der Waals surface area (Å²) in [5, 5.41) is 9.16. The minimum absolute atomic E-state index is 0.0357. The van der Waals surface area contributed by atoms with Gasteiger partial charge in [0.1, 0.15) is 10.6 Å². The number of fused-ring (bicyclic) bond motifs is 1. The van der Waals surface area contributed by atoms with Gasteiger partial charge >= 0.3 is 0 Å². The fraction of sp³-hybridized carbons (Fsp3) is 0.462. The maximum absolute atomic E-state index is 11.7. The number of nitrogens with zero attached hydrogens (tertiary/aromatic N) is 2. The lowest BCUT2D eigenvalue weighted by Crippen LogP contribution is -2.33. The number of rotatable bonds is 6. The lowest BCUT2D eigenvalue weighted by molar-refractivity contribution is -0.121. The predicted octanol–water partition coefficient (Wildman–Crippen LogP) is 3.06. The van der Waals surface area contributed by atoms with Crippen molar-refractivity contribution < 1.29 is 4.79 Å². The molecule has 2 rings (SSSR count). The van der Waals surface area contributed by atoms with Gasteiger partial charge in [-0.1, -0.05) is 6.92 Å². The van der Waals surface area contributed by atoms with Crippen LogP contribution in [0.1, 0.15) is 26.7 Å². The summed E-state index contributed by atoms with van der Waals surface area (Å²) in [7, 11) is 0. The molecular weight excluding hydrogens is 296 g/mol. The van der Waals surface area contributed by atoms with Gasteiger partial charge in [0.25, 0.3) is 0 Å². The Hall–Kier alpha value is -1.40. The first-order valence-corrected chi connectivity index (χ1v) is 7.80. The molecule has 0 saturated carbocycles. The molecular formula is C13H17ClN4OS. The highest BCUT2D eigenvalue weighted by Crippen LogP contribution is 2.26. The van der Waals surface area contributed by atoms with Crippen LogP contribution in [0, 0.1) is 0 Å². The molecule has 0 aliphatic carbocycles. The van der Waals surface area contributed by atoms with E-state index in [-0.39, 0.29) is 17.2 Å². The molecule has 20 heavy (non-hydrogen) atoms. The van der Waals surface area contributed by atoms with Crippen LogP contribution in [-0.2, 0) is 4.79 Å². The first-order chi connectivity index (χ1) is 9.60. The van der Waals surface area contributed by atoms with E-state index in [0.29, 0.717) is 18.8 Å². The number of carbonyl (C=O) groups excluding carboxylic acids is 1. The number of amides is 1. The van der Waals surface area contributed by atoms with E-state index >= 15 is 0 Å². The van der Waals surface area contributed by atoms with Gasteiger partial charge < -0.3 is 10.6 Å². The van der Waals surface area contributed by atoms with Crippen molar-refractivity contribution in [1.29, 1.82) is 0 Å². The average Bonchev–Trinajstić information content (AvgIpc) is 2.86. The summed E-state index contributed by atoms with van der Waals surface area (Å²) in [6, 6.07) is 2.15. The summed E-state index contributed by atoms with van der Waals surface area (Å²) < 4.78 is 0. The molecule has 108 valence electrons. The van der Waals surface area contributed by atoms with Crippen LogP contribution in [-0.4, -0.2) is 28.5 Å². The van der Waals surface area contributed by atoms with Crippen molar-refractivity contribution in [2.24, 2.45) is 0 Å². The molecule has 7 heteroatoms. The number of nitrogens with one attached hydrogen (secondary N) is 2. The number of aromatic nitrogens is 2. The zero-order chi connectivity index (χ0) is 14.5. The zero-order valence-electron chi connectivity index (χ0n) is 11.4. The van der Waals surface area contributed by atoms with Crippen LogP contribution in [0.4, 0.5) is 5.82 Å². The van der Waals surface area contributed by atoms with E-state index < -0.39 is 0 Å². The molecule has 1 amide bonds. The Bertz CT molecular complexity index is 601. The van der Waals surface area contributed by atoms with Gasteiger partial charge in [-0.15, -0.1) is 11.3 Å². The van der Waals surface area contributed by atoms with Gasteiger partial charge in [0.2, 0.25) is 11.2 Å². The normalized spacial score (nSPS) is 12.3. The molecule has 0 saturated heterocycles. The van der Waals surface area contributed by atoms with Crippen LogP contribution < -0.4 is 10.6 Å². The molecule has 0 fully saturated rings. The predicted molar refractivity (Wildman–Crippen MR) is 83.4 cm³/mol. The van der Waals surface area contributed by atoms with Gasteiger partial charge in [0.05, 0.1) is 5.39 Å². The molecule has 2 aromatic rings. The summed E-state index contributed by atoms with van der Waals surface area (Å²) in [4.78, 5) is 20.8. The highest BCUT2D eigenvalue weighted by molar-refractivity contribution is 7.16. The van der Waals surface area contributed by atoms with Crippen molar-refractivity contribution in [2.75, 3.05) is 11.9 Å². The molecule has 2 N–H and O–H groups in total. The van der Waals surface area contributed by atoms with E-state index in [1.807, 2.05) is 25.3 Å². The molecule has 0 spiro atoms. The van der Waals surface area contributed by atoms with E-state index in [0.717, 1.165) is 16.6 Å². The Balaban J connectivity index is 1.93. The molecule has 1 atom stereocenters. The van der Waals surface area contributed by atoms with Gasteiger partial charge in [-0.05, 0) is 36.4 Å². The fourth-order valence-corrected chi connectivity index (χ4v) is 2.69. The lowest BCUT2D eigenvalue weighted by Gasteiger charge is -2.12. The average molecular weight is 313 g/mol. The lowest BCUT2D eigenvalue weighted by atomic mass is 10.2. The number of carbonyl (C=O) groups is 1. The number of thiophene rings is 1. The Morgan fingerprint density at radius 2 is 2.30 bits per heavy atom. The van der Waals surface area contributed by atoms with Crippen molar-refractivity contribution in [2.45, 2.75) is 32.7 Å². The number of hydrogen-bond donors (Lipinski definition) is 2. The third-order valence-electron chi connectivity index (χ3n) is 2.96. The standard InChI is InChI=1S/C13H17ClN4OS/c1-3-8(2)16-10(19)4-6-15-11-9-5-7-20-12(9)18-13(14)17-11/h5,7-8H,3-4,6H2,1-2H3,(H,16,19)(H,15,17,18). The summed E-state index contributed by atoms with van der Waals surface area (Å²) in [6.07, 6.45) is 1.33. The van der Waals surface area contributed by atoms with Crippen LogP contribution in [0.25, 0.3) is 10.2 Å². The van der Waals surface area contributed by atoms with Crippen LogP contribution in [0.15, 0.2) is 11.4 Å². The molecule has 0 aliphatic heterocycles. The van der Waals surface area contributed by atoms with Crippen molar-refractivity contribution in [3.05, 3.63) is 16.7 Å². The molecule has 0 radical (unpaired) electrons. The maximum atomic E-state index is 11.7. The molecule has 0 bridgehead atoms. The first-order valence-electron chi connectivity index (χ1n) is 6.54. The number of hydrogen-bond acceptors (Lipinski definition) is 5. The number of halogens is 1. The van der Waals surface area contributed by atoms with Gasteiger partial charge in [0.15, 0.2) is 0 Å². The third kappa shape index (κ3) is 3.80. The second-order valence-electron chi connectivity index (χ2n) is 4.53. The maximum Gasteiger partial charge on any atom is 0.225 e. The summed E-state index contributed by atoms with van der Waals surface area (Å²) in [6.45, 7) is 4.55. The minimum Gasteiger partial charge on any atom is -0.369 e. The Kier molecular flexibility index (Phi) is 5.14. The van der Waals surface area contributed by atoms with E-state index in [1.54, 1.807) is 0 Å². The molecule has 1 unspecified atom stereocenters. The van der Waals surface area contributed by atoms with E-state index in [9.17, 15) is 4.79 Å². The Labute approximate surface area is 126 Å². The summed E-state index contributed by atoms with van der Waals surface area (Å²) in [5.74, 6) is 0.714. The van der Waals surface area contributed by atoms with Crippen LogP contribution in [0.2, 0.25) is 5.28 Å².